The summed E-state index contributed by atoms with van der Waals surface area (Å²) in [4.78, 5) is 14.8. The molecule has 0 aromatic heterocycles. The molecule has 110 valence electrons. The number of hydrogen-bond acceptors (Lipinski definition) is 1. The van der Waals surface area contributed by atoms with Gasteiger partial charge < -0.3 is 4.90 Å². The molecule has 0 N–H and O–H groups in total. The predicted molar refractivity (Wildman–Crippen MR) is 79.9 cm³/mol. The summed E-state index contributed by atoms with van der Waals surface area (Å²) < 4.78 is 0. The smallest absolute Gasteiger partial charge is 0.226 e. The third-order valence-corrected chi connectivity index (χ3v) is 5.30. The third kappa shape index (κ3) is 3.14. The maximum Gasteiger partial charge on any atom is 0.226 e. The van der Waals surface area contributed by atoms with Gasteiger partial charge in [0.1, 0.15) is 0 Å². The summed E-state index contributed by atoms with van der Waals surface area (Å²) in [6.07, 6.45) is 6.04. The Morgan fingerprint density at radius 1 is 1.16 bits per heavy atom. The van der Waals surface area contributed by atoms with Crippen LogP contribution in [0.25, 0.3) is 0 Å². The highest BCUT2D eigenvalue weighted by molar-refractivity contribution is 5.80. The van der Waals surface area contributed by atoms with E-state index in [1.807, 2.05) is 0 Å². The average molecular weight is 265 g/mol. The summed E-state index contributed by atoms with van der Waals surface area (Å²) in [6, 6.07) is 0. The van der Waals surface area contributed by atoms with Crippen LogP contribution in [0.4, 0.5) is 0 Å². The lowest BCUT2D eigenvalue weighted by Crippen LogP contribution is -2.54. The molecule has 2 atom stereocenters. The number of nitrogens with zero attached hydrogens (tertiary/aromatic N) is 1. The lowest BCUT2D eigenvalue weighted by atomic mass is 9.51. The topological polar surface area (TPSA) is 20.3 Å². The van der Waals surface area contributed by atoms with Gasteiger partial charge in [-0.1, -0.05) is 34.6 Å². The van der Waals surface area contributed by atoms with Crippen LogP contribution >= 0.6 is 0 Å². The quantitative estimate of drug-likeness (QED) is 0.736. The maximum absolute atomic E-state index is 12.6. The van der Waals surface area contributed by atoms with E-state index >= 15 is 0 Å². The number of likely N-dealkylation sites (tertiary alicyclic amines) is 1. The first kappa shape index (κ1) is 14.9. The molecule has 19 heavy (non-hydrogen) atoms. The molecule has 2 rings (SSSR count). The first-order valence-corrected chi connectivity index (χ1v) is 8.00. The van der Waals surface area contributed by atoms with Gasteiger partial charge in [-0.25, -0.2) is 0 Å². The zero-order valence-corrected chi connectivity index (χ0v) is 13.5. The number of hydrogen-bond donors (Lipinski definition) is 0. The Hall–Kier alpha value is -0.530. The zero-order valence-electron chi connectivity index (χ0n) is 13.5. The number of rotatable bonds is 2. The molecule has 2 fully saturated rings. The summed E-state index contributed by atoms with van der Waals surface area (Å²) in [6.45, 7) is 13.5. The largest absolute Gasteiger partial charge is 0.342 e. The lowest BCUT2D eigenvalue weighted by Gasteiger charge is -2.54. The minimum atomic E-state index is 0.196. The summed E-state index contributed by atoms with van der Waals surface area (Å²) in [5.74, 6) is 1.43. The molecule has 1 saturated carbocycles. The first-order valence-electron chi connectivity index (χ1n) is 8.00. The fraction of sp³-hybridized carbons (Fsp3) is 0.941. The van der Waals surface area contributed by atoms with Gasteiger partial charge in [-0.05, 0) is 48.9 Å². The van der Waals surface area contributed by atoms with E-state index in [9.17, 15) is 4.79 Å². The standard InChI is InChI=1S/C17H31NO/c1-16(2,3)12-13-11-14(17(13,4)5)15(19)18-9-7-6-8-10-18/h13-14H,6-12H2,1-5H3/t13-,14+/m0/s1. The fourth-order valence-corrected chi connectivity index (χ4v) is 3.86. The molecule has 2 heteroatoms. The molecule has 1 heterocycles. The van der Waals surface area contributed by atoms with Crippen molar-refractivity contribution in [3.8, 4) is 0 Å². The molecule has 0 spiro atoms. The number of piperidine rings is 1. The number of amides is 1. The van der Waals surface area contributed by atoms with E-state index in [0.717, 1.165) is 19.5 Å². The van der Waals surface area contributed by atoms with Gasteiger partial charge >= 0.3 is 0 Å². The highest BCUT2D eigenvalue weighted by Crippen LogP contribution is 2.55. The van der Waals surface area contributed by atoms with E-state index < -0.39 is 0 Å². The monoisotopic (exact) mass is 265 g/mol. The molecule has 2 nitrogen and oxygen atoms in total. The van der Waals surface area contributed by atoms with E-state index in [1.165, 1.54) is 25.7 Å². The predicted octanol–water partition coefficient (Wildman–Crippen LogP) is 4.10. The number of carbonyl (C=O) groups excluding carboxylic acids is 1. The Balaban J connectivity index is 1.94. The first-order chi connectivity index (χ1) is 8.72. The summed E-state index contributed by atoms with van der Waals surface area (Å²) in [7, 11) is 0. The van der Waals surface area contributed by atoms with Crippen LogP contribution in [0, 0.1) is 22.7 Å². The number of carbonyl (C=O) groups is 1. The van der Waals surface area contributed by atoms with Crippen molar-refractivity contribution in [2.45, 2.75) is 66.7 Å². The van der Waals surface area contributed by atoms with Crippen LogP contribution < -0.4 is 0 Å². The van der Waals surface area contributed by atoms with Crippen LogP contribution in [0.2, 0.25) is 0 Å². The molecule has 1 aliphatic heterocycles. The molecule has 0 aromatic carbocycles. The molecule has 0 radical (unpaired) electrons. The van der Waals surface area contributed by atoms with Crippen molar-refractivity contribution in [3.63, 3.8) is 0 Å². The zero-order chi connectivity index (χ0) is 14.3. The van der Waals surface area contributed by atoms with Crippen molar-refractivity contribution >= 4 is 5.91 Å². The van der Waals surface area contributed by atoms with Gasteiger partial charge in [-0.2, -0.15) is 0 Å². The van der Waals surface area contributed by atoms with Crippen LogP contribution in [-0.2, 0) is 4.79 Å². The van der Waals surface area contributed by atoms with Gasteiger partial charge in [0.15, 0.2) is 0 Å². The molecule has 1 saturated heterocycles. The molecule has 1 aliphatic carbocycles. The van der Waals surface area contributed by atoms with Crippen molar-refractivity contribution < 1.29 is 4.79 Å². The van der Waals surface area contributed by atoms with E-state index in [-0.39, 0.29) is 11.3 Å². The van der Waals surface area contributed by atoms with Crippen LogP contribution in [-0.4, -0.2) is 23.9 Å². The third-order valence-electron chi connectivity index (χ3n) is 5.30. The van der Waals surface area contributed by atoms with Crippen LogP contribution in [0.1, 0.15) is 66.7 Å². The lowest BCUT2D eigenvalue weighted by molar-refractivity contribution is -0.154. The molecule has 0 bridgehead atoms. The normalized spacial score (nSPS) is 30.9. The van der Waals surface area contributed by atoms with Gasteiger partial charge in [-0.3, -0.25) is 4.79 Å². The Morgan fingerprint density at radius 2 is 1.74 bits per heavy atom. The van der Waals surface area contributed by atoms with E-state index in [0.29, 0.717) is 17.2 Å². The van der Waals surface area contributed by atoms with Gasteiger partial charge in [0.2, 0.25) is 5.91 Å². The van der Waals surface area contributed by atoms with Crippen LogP contribution in [0.15, 0.2) is 0 Å². The summed E-state index contributed by atoms with van der Waals surface area (Å²) in [5, 5.41) is 0. The minimum absolute atomic E-state index is 0.196. The SMILES string of the molecule is CC(C)(C)C[C@@H]1C[C@H](C(=O)N2CCCCC2)C1(C)C. The van der Waals surface area contributed by atoms with Crippen molar-refractivity contribution in [1.29, 1.82) is 0 Å². The van der Waals surface area contributed by atoms with Gasteiger partial charge in [0.25, 0.3) is 0 Å². The van der Waals surface area contributed by atoms with Gasteiger partial charge in [0, 0.05) is 19.0 Å². The van der Waals surface area contributed by atoms with Crippen LogP contribution in [0.3, 0.4) is 0 Å². The minimum Gasteiger partial charge on any atom is -0.342 e. The second kappa shape index (κ2) is 5.10. The van der Waals surface area contributed by atoms with Crippen molar-refractivity contribution in [3.05, 3.63) is 0 Å². The summed E-state index contributed by atoms with van der Waals surface area (Å²) >= 11 is 0. The molecule has 0 unspecified atom stereocenters. The van der Waals surface area contributed by atoms with Gasteiger partial charge in [-0.15, -0.1) is 0 Å². The molecule has 2 aliphatic rings. The second-order valence-corrected chi connectivity index (χ2v) is 8.46. The van der Waals surface area contributed by atoms with Crippen molar-refractivity contribution in [1.82, 2.24) is 4.90 Å². The Labute approximate surface area is 118 Å². The molecule has 1 amide bonds. The molecular formula is C17H31NO. The van der Waals surface area contributed by atoms with Crippen molar-refractivity contribution in [2.24, 2.45) is 22.7 Å². The van der Waals surface area contributed by atoms with E-state index in [2.05, 4.69) is 39.5 Å². The van der Waals surface area contributed by atoms with Crippen molar-refractivity contribution in [2.75, 3.05) is 13.1 Å². The summed E-state index contributed by atoms with van der Waals surface area (Å²) in [5.41, 5.74) is 0.572. The van der Waals surface area contributed by atoms with Gasteiger partial charge in [0.05, 0.1) is 0 Å². The van der Waals surface area contributed by atoms with E-state index in [1.54, 1.807) is 0 Å². The Morgan fingerprint density at radius 3 is 2.21 bits per heavy atom. The highest BCUT2D eigenvalue weighted by atomic mass is 16.2. The van der Waals surface area contributed by atoms with E-state index in [4.69, 9.17) is 0 Å². The highest BCUT2D eigenvalue weighted by Gasteiger charge is 2.53. The fourth-order valence-electron chi connectivity index (χ4n) is 3.86. The van der Waals surface area contributed by atoms with Crippen LogP contribution in [0.5, 0.6) is 0 Å². The molecule has 0 aromatic rings. The Bertz CT molecular complexity index is 334. The molecular weight excluding hydrogens is 234 g/mol. The average Bonchev–Trinajstić information content (AvgIpc) is 2.33. The Kier molecular flexibility index (Phi) is 3.99. The second-order valence-electron chi connectivity index (χ2n) is 8.46. The maximum atomic E-state index is 12.6.